The zero-order valence-electron chi connectivity index (χ0n) is 13.1. The monoisotopic (exact) mass is 379 g/mol. The number of hydrogen-bond acceptors (Lipinski definition) is 3. The van der Waals surface area contributed by atoms with E-state index in [1.165, 1.54) is 0 Å². The van der Waals surface area contributed by atoms with Crippen LogP contribution in [-0.2, 0) is 4.79 Å². The van der Waals surface area contributed by atoms with E-state index in [4.69, 9.17) is 27.9 Å². The molecule has 0 unspecified atom stereocenters. The molecule has 3 aromatic rings. The maximum Gasteiger partial charge on any atom is 0.323 e. The molecule has 0 aliphatic rings. The molecule has 0 atom stereocenters. The minimum atomic E-state index is -0.281. The average molecular weight is 380 g/mol. The molecule has 0 fully saturated rings. The summed E-state index contributed by atoms with van der Waals surface area (Å²) < 4.78 is 5.54. The number of hydrogen-bond donors (Lipinski definition) is 3. The number of ether oxygens (including phenoxy) is 1. The second kappa shape index (κ2) is 7.63. The molecule has 25 heavy (non-hydrogen) atoms. The average Bonchev–Trinajstić information content (AvgIpc) is 2.92. The van der Waals surface area contributed by atoms with Gasteiger partial charge in [0.1, 0.15) is 5.75 Å². The van der Waals surface area contributed by atoms with Gasteiger partial charge in [0.25, 0.3) is 0 Å². The van der Waals surface area contributed by atoms with Crippen LogP contribution in [0.15, 0.2) is 41.2 Å². The van der Waals surface area contributed by atoms with Crippen LogP contribution < -0.4 is 15.7 Å². The smallest absolute Gasteiger partial charge is 0.323 e. The number of carbonyl (C=O) groups is 1. The van der Waals surface area contributed by atoms with Crippen LogP contribution in [-0.4, -0.2) is 22.5 Å². The quantitative estimate of drug-likeness (QED) is 0.566. The highest BCUT2D eigenvalue weighted by atomic mass is 35.5. The predicted molar refractivity (Wildman–Crippen MR) is 98.7 cm³/mol. The van der Waals surface area contributed by atoms with Crippen LogP contribution in [0.25, 0.3) is 11.0 Å². The highest BCUT2D eigenvalue weighted by Gasteiger charge is 2.06. The summed E-state index contributed by atoms with van der Waals surface area (Å²) in [4.78, 5) is 28.5. The topological polar surface area (TPSA) is 87.0 Å². The van der Waals surface area contributed by atoms with Crippen LogP contribution in [0.2, 0.25) is 10.0 Å². The van der Waals surface area contributed by atoms with Crippen LogP contribution in [0.1, 0.15) is 12.8 Å². The number of nitrogens with one attached hydrogen (secondary N) is 3. The van der Waals surface area contributed by atoms with E-state index in [0.29, 0.717) is 52.0 Å². The molecule has 0 bridgehead atoms. The van der Waals surface area contributed by atoms with Crippen LogP contribution in [0.5, 0.6) is 5.75 Å². The Hall–Kier alpha value is -2.44. The minimum Gasteiger partial charge on any atom is -0.492 e. The van der Waals surface area contributed by atoms with E-state index < -0.39 is 0 Å². The van der Waals surface area contributed by atoms with E-state index in [-0.39, 0.29) is 11.6 Å². The number of aromatic amines is 2. The second-order valence-corrected chi connectivity index (χ2v) is 6.26. The first kappa shape index (κ1) is 17.4. The predicted octanol–water partition coefficient (Wildman–Crippen LogP) is 3.96. The van der Waals surface area contributed by atoms with Crippen molar-refractivity contribution in [3.63, 3.8) is 0 Å². The van der Waals surface area contributed by atoms with Crippen molar-refractivity contribution in [3.05, 3.63) is 56.9 Å². The summed E-state index contributed by atoms with van der Waals surface area (Å²) in [5.74, 6) is 0.399. The number of amides is 1. The van der Waals surface area contributed by atoms with Gasteiger partial charge in [-0.2, -0.15) is 0 Å². The molecule has 0 saturated heterocycles. The van der Waals surface area contributed by atoms with Crippen molar-refractivity contribution >= 4 is 45.8 Å². The number of halogens is 2. The molecule has 0 aliphatic carbocycles. The lowest BCUT2D eigenvalue weighted by Gasteiger charge is -2.08. The Morgan fingerprint density at radius 2 is 1.88 bits per heavy atom. The molecule has 0 aliphatic heterocycles. The van der Waals surface area contributed by atoms with Crippen LogP contribution in [0, 0.1) is 0 Å². The fraction of sp³-hybridized carbons (Fsp3) is 0.176. The molecule has 3 rings (SSSR count). The number of carbonyl (C=O) groups excluding carboxylic acids is 1. The molecule has 3 N–H and O–H groups in total. The normalized spacial score (nSPS) is 10.8. The summed E-state index contributed by atoms with van der Waals surface area (Å²) in [6.45, 7) is 0.360. The zero-order valence-corrected chi connectivity index (χ0v) is 14.6. The van der Waals surface area contributed by atoms with Crippen molar-refractivity contribution in [3.8, 4) is 5.75 Å². The fourth-order valence-electron chi connectivity index (χ4n) is 2.34. The third-order valence-corrected chi connectivity index (χ3v) is 4.03. The minimum absolute atomic E-state index is 0.136. The van der Waals surface area contributed by atoms with E-state index in [1.807, 2.05) is 0 Å². The van der Waals surface area contributed by atoms with E-state index in [0.717, 1.165) is 0 Å². The van der Waals surface area contributed by atoms with E-state index in [1.54, 1.807) is 36.4 Å². The Morgan fingerprint density at radius 3 is 2.68 bits per heavy atom. The lowest BCUT2D eigenvalue weighted by atomic mass is 10.2. The van der Waals surface area contributed by atoms with Gasteiger partial charge in [0.15, 0.2) is 0 Å². The summed E-state index contributed by atoms with van der Waals surface area (Å²) in [5, 5.41) is 3.76. The van der Waals surface area contributed by atoms with Crippen molar-refractivity contribution in [2.45, 2.75) is 12.8 Å². The van der Waals surface area contributed by atoms with Gasteiger partial charge in [0.2, 0.25) is 5.91 Å². The maximum atomic E-state index is 12.0. The summed E-state index contributed by atoms with van der Waals surface area (Å²) in [6.07, 6.45) is 0.834. The molecule has 0 radical (unpaired) electrons. The van der Waals surface area contributed by atoms with Crippen LogP contribution in [0.3, 0.4) is 0 Å². The van der Waals surface area contributed by atoms with Crippen molar-refractivity contribution in [2.75, 3.05) is 11.9 Å². The lowest BCUT2D eigenvalue weighted by molar-refractivity contribution is -0.116. The van der Waals surface area contributed by atoms with Crippen molar-refractivity contribution in [2.24, 2.45) is 0 Å². The molecule has 1 heterocycles. The first-order valence-corrected chi connectivity index (χ1v) is 8.36. The van der Waals surface area contributed by atoms with Crippen molar-refractivity contribution < 1.29 is 9.53 Å². The number of imidazole rings is 1. The summed E-state index contributed by atoms with van der Waals surface area (Å²) in [6, 6.07) is 10.2. The lowest BCUT2D eigenvalue weighted by Crippen LogP contribution is -2.12. The number of H-pyrrole nitrogens is 2. The number of rotatable bonds is 6. The third kappa shape index (κ3) is 4.55. The van der Waals surface area contributed by atoms with Gasteiger partial charge in [-0.3, -0.25) is 4.79 Å². The van der Waals surface area contributed by atoms with Crippen molar-refractivity contribution in [1.29, 1.82) is 0 Å². The molecular weight excluding hydrogens is 365 g/mol. The highest BCUT2D eigenvalue weighted by molar-refractivity contribution is 6.35. The molecule has 1 amide bonds. The number of benzene rings is 2. The molecule has 1 aromatic heterocycles. The van der Waals surface area contributed by atoms with Crippen LogP contribution >= 0.6 is 23.2 Å². The first-order valence-electron chi connectivity index (χ1n) is 7.61. The Balaban J connectivity index is 1.48. The fourth-order valence-corrected chi connectivity index (χ4v) is 2.80. The SMILES string of the molecule is O=C(CCCOc1ccc(Cl)cc1Cl)Nc1ccc2[nH]c(=O)[nH]c2c1. The molecule has 130 valence electrons. The van der Waals surface area contributed by atoms with E-state index in [2.05, 4.69) is 15.3 Å². The Morgan fingerprint density at radius 1 is 1.08 bits per heavy atom. The van der Waals surface area contributed by atoms with Gasteiger partial charge in [0, 0.05) is 17.1 Å². The van der Waals surface area contributed by atoms with Gasteiger partial charge in [-0.05, 0) is 42.8 Å². The third-order valence-electron chi connectivity index (χ3n) is 3.50. The Labute approximate surface area is 153 Å². The van der Waals surface area contributed by atoms with E-state index in [9.17, 15) is 9.59 Å². The molecule has 2 aromatic carbocycles. The van der Waals surface area contributed by atoms with Gasteiger partial charge in [0.05, 0.1) is 22.7 Å². The maximum absolute atomic E-state index is 12.0. The van der Waals surface area contributed by atoms with Gasteiger partial charge >= 0.3 is 5.69 Å². The number of fused-ring (bicyclic) bond motifs is 1. The Kier molecular flexibility index (Phi) is 5.31. The first-order chi connectivity index (χ1) is 12.0. The van der Waals surface area contributed by atoms with Gasteiger partial charge < -0.3 is 20.0 Å². The highest BCUT2D eigenvalue weighted by Crippen LogP contribution is 2.27. The standard InChI is InChI=1S/C17H15Cl2N3O3/c18-10-3-6-15(12(19)8-10)25-7-1-2-16(23)20-11-4-5-13-14(9-11)22-17(24)21-13/h3-6,8-9H,1-2,7H2,(H,20,23)(H2,21,22,24). The van der Waals surface area contributed by atoms with Crippen LogP contribution in [0.4, 0.5) is 5.69 Å². The van der Waals surface area contributed by atoms with Crippen molar-refractivity contribution in [1.82, 2.24) is 9.97 Å². The zero-order chi connectivity index (χ0) is 17.8. The van der Waals surface area contributed by atoms with E-state index >= 15 is 0 Å². The summed E-state index contributed by atoms with van der Waals surface area (Å²) in [7, 11) is 0. The molecule has 6 nitrogen and oxygen atoms in total. The summed E-state index contributed by atoms with van der Waals surface area (Å²) in [5.41, 5.74) is 1.67. The van der Waals surface area contributed by atoms with Gasteiger partial charge in [-0.15, -0.1) is 0 Å². The van der Waals surface area contributed by atoms with Gasteiger partial charge in [-0.1, -0.05) is 23.2 Å². The Bertz CT molecular complexity index is 965. The number of aromatic nitrogens is 2. The molecule has 0 saturated carbocycles. The molecular formula is C17H15Cl2N3O3. The molecule has 0 spiro atoms. The number of anilines is 1. The molecule has 8 heteroatoms. The van der Waals surface area contributed by atoms with Gasteiger partial charge in [-0.25, -0.2) is 4.79 Å². The second-order valence-electron chi connectivity index (χ2n) is 5.41. The largest absolute Gasteiger partial charge is 0.492 e. The summed E-state index contributed by atoms with van der Waals surface area (Å²) >= 11 is 11.8.